The smallest absolute Gasteiger partial charge is 0.340 e. The number of benzene rings is 1. The summed E-state index contributed by atoms with van der Waals surface area (Å²) in [5, 5.41) is 5.04. The Morgan fingerprint density at radius 1 is 1.40 bits per heavy atom. The Hall–Kier alpha value is -2.56. The van der Waals surface area contributed by atoms with Crippen molar-refractivity contribution in [3.63, 3.8) is 0 Å². The van der Waals surface area contributed by atoms with E-state index < -0.39 is 0 Å². The maximum Gasteiger partial charge on any atom is 0.340 e. The molecule has 25 heavy (non-hydrogen) atoms. The Morgan fingerprint density at radius 2 is 2.24 bits per heavy atom. The number of nitrogens with one attached hydrogen (secondary N) is 1. The summed E-state index contributed by atoms with van der Waals surface area (Å²) in [6.07, 6.45) is 3.29. The van der Waals surface area contributed by atoms with Crippen LogP contribution in [0.2, 0.25) is 0 Å². The summed E-state index contributed by atoms with van der Waals surface area (Å²) in [4.78, 5) is 16.1. The second-order valence-corrected chi connectivity index (χ2v) is 7.04. The van der Waals surface area contributed by atoms with Crippen LogP contribution in [0.25, 0.3) is 10.9 Å². The van der Waals surface area contributed by atoms with Gasteiger partial charge in [0.25, 0.3) is 0 Å². The molecule has 1 aliphatic carbocycles. The van der Waals surface area contributed by atoms with E-state index in [1.807, 2.05) is 26.0 Å². The first-order chi connectivity index (χ1) is 12.0. The van der Waals surface area contributed by atoms with Crippen molar-refractivity contribution in [3.05, 3.63) is 52.0 Å². The number of H-pyrrole nitrogens is 1. The minimum atomic E-state index is -0.322. The second kappa shape index (κ2) is 6.06. The van der Waals surface area contributed by atoms with Gasteiger partial charge < -0.3 is 14.2 Å². The van der Waals surface area contributed by atoms with Crippen LogP contribution in [-0.4, -0.2) is 16.1 Å². The number of carbonyl (C=O) groups excluding carboxylic acids is 1. The third kappa shape index (κ3) is 2.73. The average Bonchev–Trinajstić information content (AvgIpc) is 3.12. The molecule has 3 aromatic rings. The van der Waals surface area contributed by atoms with E-state index >= 15 is 0 Å². The number of ether oxygens (including phenoxy) is 1. The van der Waals surface area contributed by atoms with Gasteiger partial charge in [-0.1, -0.05) is 24.2 Å². The van der Waals surface area contributed by atoms with Crippen LogP contribution >= 0.6 is 0 Å². The van der Waals surface area contributed by atoms with Crippen LogP contribution in [0.3, 0.4) is 0 Å². The molecular formula is C20H22N2O3. The molecule has 0 amide bonds. The predicted molar refractivity (Wildman–Crippen MR) is 94.6 cm³/mol. The molecule has 1 aromatic carbocycles. The lowest BCUT2D eigenvalue weighted by atomic mass is 9.87. The Kier molecular flexibility index (Phi) is 3.86. The van der Waals surface area contributed by atoms with Crippen molar-refractivity contribution in [2.24, 2.45) is 5.92 Å². The average molecular weight is 338 g/mol. The molecule has 5 nitrogen and oxygen atoms in total. The SMILES string of the molecule is Cc1noc(C)c1COC(=O)c1cccc2c3c([nH]c12)CC[C@@H](C)C3. The fourth-order valence-electron chi connectivity index (χ4n) is 3.71. The first-order valence-corrected chi connectivity index (χ1v) is 8.76. The molecule has 5 heteroatoms. The van der Waals surface area contributed by atoms with Crippen molar-refractivity contribution in [2.45, 2.75) is 46.6 Å². The number of hydrogen-bond donors (Lipinski definition) is 1. The highest BCUT2D eigenvalue weighted by Gasteiger charge is 2.23. The van der Waals surface area contributed by atoms with Crippen molar-refractivity contribution < 1.29 is 14.1 Å². The fraction of sp³-hybridized carbons (Fsp3) is 0.400. The zero-order chi connectivity index (χ0) is 17.6. The van der Waals surface area contributed by atoms with Gasteiger partial charge in [-0.2, -0.15) is 0 Å². The monoisotopic (exact) mass is 338 g/mol. The van der Waals surface area contributed by atoms with E-state index in [0.29, 0.717) is 17.2 Å². The number of rotatable bonds is 3. The maximum atomic E-state index is 12.7. The molecule has 1 N–H and O–H groups in total. The molecule has 0 spiro atoms. The molecule has 1 atom stereocenters. The van der Waals surface area contributed by atoms with E-state index in [2.05, 4.69) is 23.1 Å². The Morgan fingerprint density at radius 3 is 3.00 bits per heavy atom. The molecule has 0 saturated carbocycles. The fourth-order valence-corrected chi connectivity index (χ4v) is 3.71. The van der Waals surface area contributed by atoms with Gasteiger partial charge in [-0.25, -0.2) is 4.79 Å². The van der Waals surface area contributed by atoms with Gasteiger partial charge >= 0.3 is 5.97 Å². The molecule has 2 aromatic heterocycles. The van der Waals surface area contributed by atoms with Gasteiger partial charge in [-0.3, -0.25) is 0 Å². The zero-order valence-corrected chi connectivity index (χ0v) is 14.8. The zero-order valence-electron chi connectivity index (χ0n) is 14.8. The van der Waals surface area contributed by atoms with E-state index in [4.69, 9.17) is 9.26 Å². The van der Waals surface area contributed by atoms with E-state index in [-0.39, 0.29) is 12.6 Å². The lowest BCUT2D eigenvalue weighted by Gasteiger charge is -2.17. The lowest BCUT2D eigenvalue weighted by Crippen LogP contribution is -2.09. The number of fused-ring (bicyclic) bond motifs is 3. The first kappa shape index (κ1) is 15.9. The molecule has 4 rings (SSSR count). The third-order valence-electron chi connectivity index (χ3n) is 5.22. The van der Waals surface area contributed by atoms with Gasteiger partial charge in [0.15, 0.2) is 0 Å². The number of aryl methyl sites for hydroxylation is 3. The highest BCUT2D eigenvalue weighted by molar-refractivity contribution is 6.04. The minimum absolute atomic E-state index is 0.174. The van der Waals surface area contributed by atoms with E-state index in [9.17, 15) is 4.79 Å². The van der Waals surface area contributed by atoms with Crippen molar-refractivity contribution in [3.8, 4) is 0 Å². The van der Waals surface area contributed by atoms with Gasteiger partial charge in [-0.15, -0.1) is 0 Å². The largest absolute Gasteiger partial charge is 0.457 e. The van der Waals surface area contributed by atoms with Crippen LogP contribution in [0.1, 0.15) is 52.0 Å². The van der Waals surface area contributed by atoms with Crippen LogP contribution in [0, 0.1) is 19.8 Å². The molecule has 0 fully saturated rings. The normalized spacial score (nSPS) is 16.8. The molecular weight excluding hydrogens is 316 g/mol. The third-order valence-corrected chi connectivity index (χ3v) is 5.22. The lowest BCUT2D eigenvalue weighted by molar-refractivity contribution is 0.0473. The first-order valence-electron chi connectivity index (χ1n) is 8.76. The van der Waals surface area contributed by atoms with Crippen LogP contribution in [-0.2, 0) is 24.2 Å². The predicted octanol–water partition coefficient (Wildman–Crippen LogP) is 4.25. The number of aromatic nitrogens is 2. The van der Waals surface area contributed by atoms with Crippen LogP contribution in [0.15, 0.2) is 22.7 Å². The number of carbonyl (C=O) groups is 1. The number of para-hydroxylation sites is 1. The Balaban J connectivity index is 1.64. The van der Waals surface area contributed by atoms with Crippen LogP contribution < -0.4 is 0 Å². The second-order valence-electron chi connectivity index (χ2n) is 7.04. The molecule has 0 saturated heterocycles. The number of hydrogen-bond acceptors (Lipinski definition) is 4. The quantitative estimate of drug-likeness (QED) is 0.725. The maximum absolute atomic E-state index is 12.7. The molecule has 0 aliphatic heterocycles. The van der Waals surface area contributed by atoms with Gasteiger partial charge in [0, 0.05) is 11.1 Å². The number of nitrogens with zero attached hydrogens (tertiary/aromatic N) is 1. The Labute approximate surface area is 146 Å². The Bertz CT molecular complexity index is 932. The van der Waals surface area contributed by atoms with E-state index in [1.165, 1.54) is 17.7 Å². The summed E-state index contributed by atoms with van der Waals surface area (Å²) in [7, 11) is 0. The molecule has 0 unspecified atom stereocenters. The molecule has 1 aliphatic rings. The molecule has 2 heterocycles. The number of esters is 1. The molecule has 130 valence electrons. The minimum Gasteiger partial charge on any atom is -0.457 e. The van der Waals surface area contributed by atoms with Crippen molar-refractivity contribution in [1.82, 2.24) is 10.1 Å². The summed E-state index contributed by atoms with van der Waals surface area (Å²) in [6.45, 7) is 6.13. The van der Waals surface area contributed by atoms with E-state index in [0.717, 1.165) is 35.0 Å². The van der Waals surface area contributed by atoms with Crippen LogP contribution in [0.5, 0.6) is 0 Å². The van der Waals surface area contributed by atoms with Crippen molar-refractivity contribution >= 4 is 16.9 Å². The van der Waals surface area contributed by atoms with Gasteiger partial charge in [-0.05, 0) is 50.7 Å². The van der Waals surface area contributed by atoms with E-state index in [1.54, 1.807) is 0 Å². The standard InChI is InChI=1S/C20H22N2O3/c1-11-7-8-18-16(9-11)14-5-4-6-15(19(14)21-18)20(23)24-10-17-12(2)22-25-13(17)3/h4-6,11,21H,7-10H2,1-3H3/t11-/m1/s1. The highest BCUT2D eigenvalue weighted by Crippen LogP contribution is 2.33. The van der Waals surface area contributed by atoms with Gasteiger partial charge in [0.05, 0.1) is 22.3 Å². The number of aromatic amines is 1. The summed E-state index contributed by atoms with van der Waals surface area (Å²) >= 11 is 0. The molecule has 0 bridgehead atoms. The summed E-state index contributed by atoms with van der Waals surface area (Å²) in [5.74, 6) is 1.05. The topological polar surface area (TPSA) is 68.1 Å². The van der Waals surface area contributed by atoms with Crippen LogP contribution in [0.4, 0.5) is 0 Å². The van der Waals surface area contributed by atoms with Crippen molar-refractivity contribution in [2.75, 3.05) is 0 Å². The van der Waals surface area contributed by atoms with Gasteiger partial charge in [0.2, 0.25) is 0 Å². The van der Waals surface area contributed by atoms with Crippen molar-refractivity contribution in [1.29, 1.82) is 0 Å². The van der Waals surface area contributed by atoms with Gasteiger partial charge in [0.1, 0.15) is 12.4 Å². The molecule has 0 radical (unpaired) electrons. The highest BCUT2D eigenvalue weighted by atomic mass is 16.5. The summed E-state index contributed by atoms with van der Waals surface area (Å²) in [6, 6.07) is 5.85. The summed E-state index contributed by atoms with van der Waals surface area (Å²) < 4.78 is 10.7. The summed E-state index contributed by atoms with van der Waals surface area (Å²) in [5.41, 5.74) is 5.69.